The van der Waals surface area contributed by atoms with Crippen LogP contribution in [0.15, 0.2) is 66.6 Å². The van der Waals surface area contributed by atoms with E-state index in [2.05, 4.69) is 110 Å². The molecule has 40 heavy (non-hydrogen) atoms. The summed E-state index contributed by atoms with van der Waals surface area (Å²) in [4.78, 5) is 14.8. The molecule has 215 valence electrons. The molecule has 3 nitrogen and oxygen atoms in total. The van der Waals surface area contributed by atoms with Gasteiger partial charge in [0.2, 0.25) is 0 Å². The number of allylic oxidation sites excluding steroid dienone is 2. The number of hydrogen-bond acceptors (Lipinski definition) is 3. The van der Waals surface area contributed by atoms with Crippen molar-refractivity contribution >= 4 is 40.6 Å². The van der Waals surface area contributed by atoms with Gasteiger partial charge in [-0.05, 0) is 63.8 Å². The van der Waals surface area contributed by atoms with E-state index in [1.54, 1.807) is 5.19 Å². The SMILES string of the molecule is CC(=O)/C=C(/C)O.Cc1[c-]c(-c2nccc3c2ccc2cc([Si](C(C)C)(C(C)C)C(C)C)ccc23)cc(C)c1.[Ir]. The molecular formula is C35H44IrNO2Si-. The van der Waals surface area contributed by atoms with Gasteiger partial charge in [0.1, 0.15) is 0 Å². The molecule has 0 saturated carbocycles. The monoisotopic (exact) mass is 731 g/mol. The van der Waals surface area contributed by atoms with Gasteiger partial charge in [0, 0.05) is 32.4 Å². The molecule has 0 aliphatic heterocycles. The van der Waals surface area contributed by atoms with Gasteiger partial charge in [-0.15, -0.1) is 34.9 Å². The first kappa shape index (κ1) is 33.6. The Morgan fingerprint density at radius 2 is 1.45 bits per heavy atom. The van der Waals surface area contributed by atoms with Crippen LogP contribution < -0.4 is 5.19 Å². The maximum atomic E-state index is 10.0. The van der Waals surface area contributed by atoms with Crippen molar-refractivity contribution in [3.63, 3.8) is 0 Å². The standard InChI is InChI=1S/C30H36NSi.C5H8O2.Ir/c1-19(2)32(20(3)4,21(5)6)26-10-12-27-24(18-26)9-11-29-28(27)13-14-31-30(29)25-16-22(7)15-23(8)17-25;1-4(6)3-5(2)7;/h9-16,18-21H,1-8H3;3,6H,1-2H3;/q-1;;/b;4-3-;. The van der Waals surface area contributed by atoms with E-state index < -0.39 is 8.07 Å². The minimum absolute atomic E-state index is 0. The fourth-order valence-corrected chi connectivity index (χ4v) is 13.6. The number of aliphatic hydroxyl groups is 1. The molecular weight excluding hydrogens is 687 g/mol. The fraction of sp³-hybridized carbons (Fsp3) is 0.371. The van der Waals surface area contributed by atoms with E-state index in [1.165, 1.54) is 47.0 Å². The zero-order valence-electron chi connectivity index (χ0n) is 25.6. The molecule has 0 unspecified atom stereocenters. The molecule has 4 aromatic rings. The van der Waals surface area contributed by atoms with Crippen LogP contribution in [0, 0.1) is 19.9 Å². The van der Waals surface area contributed by atoms with Crippen molar-refractivity contribution in [2.24, 2.45) is 0 Å². The normalized spacial score (nSPS) is 12.1. The summed E-state index contributed by atoms with van der Waals surface area (Å²) in [6.07, 6.45) is 3.12. The van der Waals surface area contributed by atoms with Gasteiger partial charge < -0.3 is 10.1 Å². The first-order valence-corrected chi connectivity index (χ1v) is 16.2. The largest absolute Gasteiger partial charge is 0.512 e. The van der Waals surface area contributed by atoms with Crippen molar-refractivity contribution < 1.29 is 30.0 Å². The van der Waals surface area contributed by atoms with E-state index in [0.717, 1.165) is 16.8 Å². The minimum atomic E-state index is -1.68. The molecule has 1 aromatic heterocycles. The van der Waals surface area contributed by atoms with E-state index in [0.29, 0.717) is 16.6 Å². The maximum Gasteiger partial charge on any atom is 0.155 e. The second-order valence-corrected chi connectivity index (χ2v) is 17.7. The van der Waals surface area contributed by atoms with Crippen molar-refractivity contribution in [3.05, 3.63) is 83.8 Å². The van der Waals surface area contributed by atoms with Gasteiger partial charge >= 0.3 is 0 Å². The molecule has 0 bridgehead atoms. The van der Waals surface area contributed by atoms with Gasteiger partial charge in [-0.3, -0.25) is 4.79 Å². The van der Waals surface area contributed by atoms with Crippen LogP contribution in [0.25, 0.3) is 32.8 Å². The van der Waals surface area contributed by atoms with Crippen molar-refractivity contribution in [3.8, 4) is 11.3 Å². The van der Waals surface area contributed by atoms with Crippen molar-refractivity contribution in [1.29, 1.82) is 0 Å². The van der Waals surface area contributed by atoms with Crippen molar-refractivity contribution in [1.82, 2.24) is 4.98 Å². The summed E-state index contributed by atoms with van der Waals surface area (Å²) in [6.45, 7) is 21.7. The fourth-order valence-electron chi connectivity index (χ4n) is 6.80. The predicted octanol–water partition coefficient (Wildman–Crippen LogP) is 9.39. The second-order valence-electron chi connectivity index (χ2n) is 11.8. The number of ketones is 1. The molecule has 5 heteroatoms. The number of pyridine rings is 1. The average Bonchev–Trinajstić information content (AvgIpc) is 2.82. The zero-order valence-corrected chi connectivity index (χ0v) is 29.0. The summed E-state index contributed by atoms with van der Waals surface area (Å²) in [5.74, 6) is -0.0625. The zero-order chi connectivity index (χ0) is 29.1. The van der Waals surface area contributed by atoms with Crippen LogP contribution >= 0.6 is 0 Å². The van der Waals surface area contributed by atoms with Crippen LogP contribution in [-0.2, 0) is 24.9 Å². The topological polar surface area (TPSA) is 50.2 Å². The third-order valence-electron chi connectivity index (χ3n) is 7.94. The van der Waals surface area contributed by atoms with Gasteiger partial charge in [0.05, 0.1) is 13.8 Å². The van der Waals surface area contributed by atoms with Crippen LogP contribution in [-0.4, -0.2) is 23.9 Å². The van der Waals surface area contributed by atoms with Crippen LogP contribution in [0.3, 0.4) is 0 Å². The molecule has 0 amide bonds. The van der Waals surface area contributed by atoms with E-state index >= 15 is 0 Å². The molecule has 0 spiro atoms. The number of fused-ring (bicyclic) bond motifs is 3. The van der Waals surface area contributed by atoms with E-state index in [-0.39, 0.29) is 31.6 Å². The maximum absolute atomic E-state index is 10.0. The van der Waals surface area contributed by atoms with Crippen molar-refractivity contribution in [2.45, 2.75) is 85.9 Å². The molecule has 0 atom stereocenters. The number of nitrogens with zero attached hydrogens (tertiary/aromatic N) is 1. The smallest absolute Gasteiger partial charge is 0.155 e. The number of aromatic nitrogens is 1. The Morgan fingerprint density at radius 3 is 1.95 bits per heavy atom. The number of carbonyl (C=O) groups excluding carboxylic acids is 1. The Hall–Kier alpha value is -2.59. The van der Waals surface area contributed by atoms with E-state index in [1.807, 2.05) is 6.20 Å². The second kappa shape index (κ2) is 13.8. The summed E-state index contributed by atoms with van der Waals surface area (Å²) in [5, 5.41) is 15.1. The Morgan fingerprint density at radius 1 is 0.850 bits per heavy atom. The van der Waals surface area contributed by atoms with Crippen LogP contribution in [0.4, 0.5) is 0 Å². The summed E-state index contributed by atoms with van der Waals surface area (Å²) >= 11 is 0. The first-order chi connectivity index (χ1) is 18.3. The Kier molecular flexibility index (Phi) is 11.6. The first-order valence-electron chi connectivity index (χ1n) is 14.0. The molecule has 0 aliphatic rings. The number of aliphatic hydroxyl groups excluding tert-OH is 1. The van der Waals surface area contributed by atoms with Crippen LogP contribution in [0.2, 0.25) is 16.6 Å². The van der Waals surface area contributed by atoms with Gasteiger partial charge in [-0.2, -0.15) is 0 Å². The predicted molar refractivity (Wildman–Crippen MR) is 171 cm³/mol. The molecule has 0 aliphatic carbocycles. The number of carbonyl (C=O) groups is 1. The number of rotatable bonds is 6. The molecule has 4 rings (SSSR count). The number of hydrogen-bond donors (Lipinski definition) is 1. The summed E-state index contributed by atoms with van der Waals surface area (Å²) in [7, 11) is -1.68. The van der Waals surface area contributed by atoms with Crippen molar-refractivity contribution in [2.75, 3.05) is 0 Å². The quantitative estimate of drug-likeness (QED) is 0.0708. The van der Waals surface area contributed by atoms with Crippen LogP contribution in [0.5, 0.6) is 0 Å². The van der Waals surface area contributed by atoms with Crippen LogP contribution in [0.1, 0.15) is 66.5 Å². The third-order valence-corrected chi connectivity index (χ3v) is 15.0. The van der Waals surface area contributed by atoms with Gasteiger partial charge in [0.25, 0.3) is 0 Å². The van der Waals surface area contributed by atoms with Gasteiger partial charge in [-0.25, -0.2) is 0 Å². The Labute approximate surface area is 255 Å². The molecule has 1 N–H and O–H groups in total. The molecule has 3 aromatic carbocycles. The Bertz CT molecular complexity index is 1480. The number of aryl methyl sites for hydroxylation is 2. The van der Waals surface area contributed by atoms with E-state index in [9.17, 15) is 4.79 Å². The molecule has 0 saturated heterocycles. The molecule has 1 radical (unpaired) electrons. The summed E-state index contributed by atoms with van der Waals surface area (Å²) in [5.41, 5.74) is 6.62. The molecule has 0 fully saturated rings. The molecule has 1 heterocycles. The van der Waals surface area contributed by atoms with Gasteiger partial charge in [0.15, 0.2) is 5.78 Å². The summed E-state index contributed by atoms with van der Waals surface area (Å²) < 4.78 is 0. The minimum Gasteiger partial charge on any atom is -0.512 e. The third kappa shape index (κ3) is 7.00. The summed E-state index contributed by atoms with van der Waals surface area (Å²) in [6, 6.07) is 21.9. The van der Waals surface area contributed by atoms with Gasteiger partial charge in [-0.1, -0.05) is 90.9 Å². The number of benzene rings is 3. The Balaban J connectivity index is 0.000000623. The average molecular weight is 731 g/mol. The van der Waals surface area contributed by atoms with E-state index in [4.69, 9.17) is 10.1 Å².